The maximum atomic E-state index is 11.7. The Morgan fingerprint density at radius 1 is 1.30 bits per heavy atom. The summed E-state index contributed by atoms with van der Waals surface area (Å²) in [6.07, 6.45) is 1.52. The fraction of sp³-hybridized carbons (Fsp3) is 0.125. The molecule has 2 aromatic carbocycles. The van der Waals surface area contributed by atoms with E-state index in [2.05, 4.69) is 10.5 Å². The smallest absolute Gasteiger partial charge is 0.271 e. The van der Waals surface area contributed by atoms with Crippen molar-refractivity contribution < 1.29 is 14.6 Å². The van der Waals surface area contributed by atoms with Gasteiger partial charge in [0, 0.05) is 17.8 Å². The highest BCUT2D eigenvalue weighted by Gasteiger charge is 2.08. The molecule has 0 aromatic heterocycles. The highest BCUT2D eigenvalue weighted by atomic mass is 16.6. The Labute approximate surface area is 132 Å². The van der Waals surface area contributed by atoms with E-state index in [1.165, 1.54) is 24.4 Å². The van der Waals surface area contributed by atoms with Gasteiger partial charge in [0.2, 0.25) is 0 Å². The molecule has 0 spiro atoms. The van der Waals surface area contributed by atoms with Crippen LogP contribution in [-0.2, 0) is 9.63 Å². The molecule has 0 fully saturated rings. The third kappa shape index (κ3) is 4.92. The number of nitrogens with zero attached hydrogens (tertiary/aromatic N) is 2. The van der Waals surface area contributed by atoms with Crippen LogP contribution < -0.4 is 5.32 Å². The van der Waals surface area contributed by atoms with Crippen molar-refractivity contribution >= 4 is 23.5 Å². The molecule has 0 atom stereocenters. The van der Waals surface area contributed by atoms with E-state index in [1.54, 1.807) is 6.07 Å². The summed E-state index contributed by atoms with van der Waals surface area (Å²) in [6.45, 7) is 1.65. The molecule has 0 bridgehead atoms. The molecule has 0 radical (unpaired) electrons. The summed E-state index contributed by atoms with van der Waals surface area (Å²) >= 11 is 0. The lowest BCUT2D eigenvalue weighted by atomic mass is 10.1. The van der Waals surface area contributed by atoms with E-state index in [0.717, 1.165) is 11.1 Å². The van der Waals surface area contributed by atoms with Crippen LogP contribution in [0.3, 0.4) is 0 Å². The number of benzene rings is 2. The number of amides is 1. The van der Waals surface area contributed by atoms with Crippen molar-refractivity contribution in [1.29, 1.82) is 0 Å². The summed E-state index contributed by atoms with van der Waals surface area (Å²) in [6, 6.07) is 13.3. The Morgan fingerprint density at radius 3 is 2.83 bits per heavy atom. The van der Waals surface area contributed by atoms with Gasteiger partial charge >= 0.3 is 0 Å². The van der Waals surface area contributed by atoms with Crippen LogP contribution in [0.5, 0.6) is 0 Å². The zero-order chi connectivity index (χ0) is 16.7. The third-order valence-electron chi connectivity index (χ3n) is 2.99. The Balaban J connectivity index is 1.85. The summed E-state index contributed by atoms with van der Waals surface area (Å²) < 4.78 is 0. The number of hydrogen-bond acceptors (Lipinski definition) is 5. The van der Waals surface area contributed by atoms with Crippen LogP contribution in [0.4, 0.5) is 11.4 Å². The average Bonchev–Trinajstić information content (AvgIpc) is 2.53. The molecule has 0 saturated heterocycles. The van der Waals surface area contributed by atoms with Crippen LogP contribution in [0.25, 0.3) is 0 Å². The van der Waals surface area contributed by atoms with E-state index in [4.69, 9.17) is 4.84 Å². The van der Waals surface area contributed by atoms with Crippen molar-refractivity contribution in [2.45, 2.75) is 6.92 Å². The van der Waals surface area contributed by atoms with Crippen molar-refractivity contribution in [3.05, 3.63) is 69.8 Å². The lowest BCUT2D eigenvalue weighted by Gasteiger charge is -2.04. The maximum absolute atomic E-state index is 11.7. The number of hydrogen-bond donors (Lipinski definition) is 1. The van der Waals surface area contributed by atoms with Gasteiger partial charge in [0.15, 0.2) is 6.61 Å². The molecule has 0 unspecified atom stereocenters. The first-order valence-corrected chi connectivity index (χ1v) is 6.81. The Bertz CT molecular complexity index is 744. The number of non-ortho nitro benzene ring substituents is 1. The van der Waals surface area contributed by atoms with E-state index in [1.807, 2.05) is 31.2 Å². The third-order valence-corrected chi connectivity index (χ3v) is 2.99. The van der Waals surface area contributed by atoms with E-state index in [9.17, 15) is 14.9 Å². The SMILES string of the molecule is Cc1ccccc1/C=N/OCC(=O)Nc1cccc([N+](=O)[O-])c1. The molecule has 118 valence electrons. The molecule has 1 N–H and O–H groups in total. The van der Waals surface area contributed by atoms with E-state index >= 15 is 0 Å². The van der Waals surface area contributed by atoms with Crippen molar-refractivity contribution in [2.24, 2.45) is 5.16 Å². The molecular formula is C16H15N3O4. The highest BCUT2D eigenvalue weighted by molar-refractivity contribution is 5.92. The van der Waals surface area contributed by atoms with Crippen LogP contribution in [0.1, 0.15) is 11.1 Å². The molecule has 2 aromatic rings. The number of carbonyl (C=O) groups excluding carboxylic acids is 1. The molecular weight excluding hydrogens is 298 g/mol. The first-order chi connectivity index (χ1) is 11.1. The number of anilines is 1. The minimum atomic E-state index is -0.529. The summed E-state index contributed by atoms with van der Waals surface area (Å²) in [7, 11) is 0. The quantitative estimate of drug-likeness (QED) is 0.504. The zero-order valence-corrected chi connectivity index (χ0v) is 12.4. The topological polar surface area (TPSA) is 93.8 Å². The number of oxime groups is 1. The molecule has 1 amide bonds. The first kappa shape index (κ1) is 16.2. The van der Waals surface area contributed by atoms with Gasteiger partial charge in [-0.1, -0.05) is 35.5 Å². The Kier molecular flexibility index (Phi) is 5.40. The number of rotatable bonds is 6. The van der Waals surface area contributed by atoms with Crippen molar-refractivity contribution in [3.63, 3.8) is 0 Å². The fourth-order valence-electron chi connectivity index (χ4n) is 1.82. The minimum absolute atomic E-state index is 0.0960. The van der Waals surface area contributed by atoms with Gasteiger partial charge in [0.25, 0.3) is 11.6 Å². The van der Waals surface area contributed by atoms with Gasteiger partial charge in [0.05, 0.1) is 11.1 Å². The van der Waals surface area contributed by atoms with Crippen LogP contribution in [0.15, 0.2) is 53.7 Å². The summed E-state index contributed by atoms with van der Waals surface area (Å²) in [5, 5.41) is 16.9. The summed E-state index contributed by atoms with van der Waals surface area (Å²) in [5.41, 5.74) is 2.17. The predicted molar refractivity (Wildman–Crippen MR) is 86.5 cm³/mol. The zero-order valence-electron chi connectivity index (χ0n) is 12.4. The number of nitro groups is 1. The van der Waals surface area contributed by atoms with Gasteiger partial charge < -0.3 is 10.2 Å². The second-order valence-corrected chi connectivity index (χ2v) is 4.72. The number of carbonyl (C=O) groups is 1. The lowest BCUT2D eigenvalue weighted by molar-refractivity contribution is -0.384. The summed E-state index contributed by atoms with van der Waals surface area (Å²) in [4.78, 5) is 26.8. The van der Waals surface area contributed by atoms with Gasteiger partial charge in [0.1, 0.15) is 0 Å². The lowest BCUT2D eigenvalue weighted by Crippen LogP contribution is -2.17. The predicted octanol–water partition coefficient (Wildman–Crippen LogP) is 2.89. The second kappa shape index (κ2) is 7.69. The molecule has 0 aliphatic carbocycles. The molecule has 23 heavy (non-hydrogen) atoms. The molecule has 2 rings (SSSR count). The van der Waals surface area contributed by atoms with Crippen LogP contribution in [-0.4, -0.2) is 23.7 Å². The molecule has 0 aliphatic heterocycles. The van der Waals surface area contributed by atoms with E-state index in [-0.39, 0.29) is 12.3 Å². The molecule has 7 heteroatoms. The van der Waals surface area contributed by atoms with Crippen molar-refractivity contribution in [3.8, 4) is 0 Å². The largest absolute Gasteiger partial charge is 0.386 e. The normalized spacial score (nSPS) is 10.5. The molecule has 7 nitrogen and oxygen atoms in total. The first-order valence-electron chi connectivity index (χ1n) is 6.81. The van der Waals surface area contributed by atoms with E-state index < -0.39 is 10.8 Å². The number of nitrogens with one attached hydrogen (secondary N) is 1. The standard InChI is InChI=1S/C16H15N3O4/c1-12-5-2-3-6-13(12)10-17-23-11-16(20)18-14-7-4-8-15(9-14)19(21)22/h2-10H,11H2,1H3,(H,18,20)/b17-10+. The van der Waals surface area contributed by atoms with Crippen LogP contribution in [0, 0.1) is 17.0 Å². The molecule has 0 aliphatic rings. The Morgan fingerprint density at radius 2 is 2.09 bits per heavy atom. The van der Waals surface area contributed by atoms with Crippen molar-refractivity contribution in [2.75, 3.05) is 11.9 Å². The second-order valence-electron chi connectivity index (χ2n) is 4.72. The molecule has 0 saturated carbocycles. The highest BCUT2D eigenvalue weighted by Crippen LogP contribution is 2.16. The minimum Gasteiger partial charge on any atom is -0.386 e. The van der Waals surface area contributed by atoms with Gasteiger partial charge in [-0.15, -0.1) is 0 Å². The van der Waals surface area contributed by atoms with Crippen LogP contribution >= 0.6 is 0 Å². The Hall–Kier alpha value is -3.22. The van der Waals surface area contributed by atoms with Crippen LogP contribution in [0.2, 0.25) is 0 Å². The van der Waals surface area contributed by atoms with Gasteiger partial charge in [-0.25, -0.2) is 0 Å². The summed E-state index contributed by atoms with van der Waals surface area (Å²) in [5.74, 6) is -0.451. The number of nitro benzene ring substituents is 1. The molecule has 0 heterocycles. The fourth-order valence-corrected chi connectivity index (χ4v) is 1.82. The van der Waals surface area contributed by atoms with Gasteiger partial charge in [-0.2, -0.15) is 0 Å². The van der Waals surface area contributed by atoms with Gasteiger partial charge in [-0.3, -0.25) is 14.9 Å². The number of aryl methyl sites for hydroxylation is 1. The van der Waals surface area contributed by atoms with E-state index in [0.29, 0.717) is 5.69 Å². The van der Waals surface area contributed by atoms with Gasteiger partial charge in [-0.05, 0) is 24.1 Å². The van der Waals surface area contributed by atoms with Crippen molar-refractivity contribution in [1.82, 2.24) is 0 Å². The monoisotopic (exact) mass is 313 g/mol. The maximum Gasteiger partial charge on any atom is 0.271 e. The average molecular weight is 313 g/mol.